The van der Waals surface area contributed by atoms with Crippen molar-refractivity contribution in [3.05, 3.63) is 58.3 Å². The minimum atomic E-state index is -0.368. The Morgan fingerprint density at radius 3 is 2.20 bits per heavy atom. The van der Waals surface area contributed by atoms with Crippen molar-refractivity contribution in [2.75, 3.05) is 43.4 Å². The number of amides is 2. The van der Waals surface area contributed by atoms with Gasteiger partial charge in [-0.15, -0.1) is 0 Å². The first-order valence-electron chi connectivity index (χ1n) is 9.60. The number of benzene rings is 2. The molecule has 30 heavy (non-hydrogen) atoms. The Morgan fingerprint density at radius 1 is 1.00 bits per heavy atom. The summed E-state index contributed by atoms with van der Waals surface area (Å²) in [5.41, 5.74) is 0.970. The van der Waals surface area contributed by atoms with Gasteiger partial charge in [0.1, 0.15) is 5.82 Å². The summed E-state index contributed by atoms with van der Waals surface area (Å²) in [4.78, 5) is 28.9. The molecule has 9 heteroatoms. The van der Waals surface area contributed by atoms with Gasteiger partial charge in [0.2, 0.25) is 11.8 Å². The fourth-order valence-corrected chi connectivity index (χ4v) is 3.75. The first-order valence-corrected chi connectivity index (χ1v) is 10.4. The highest BCUT2D eigenvalue weighted by Crippen LogP contribution is 2.30. The molecular weight excluding hydrogens is 430 g/mol. The van der Waals surface area contributed by atoms with Crippen LogP contribution >= 0.6 is 23.2 Å². The highest BCUT2D eigenvalue weighted by atomic mass is 35.5. The van der Waals surface area contributed by atoms with Crippen LogP contribution in [-0.4, -0.2) is 60.4 Å². The number of piperazine rings is 1. The number of nitrogens with zero attached hydrogens (tertiary/aromatic N) is 2. The van der Waals surface area contributed by atoms with Crippen LogP contribution in [0.3, 0.4) is 0 Å². The number of para-hydroxylation sites is 1. The van der Waals surface area contributed by atoms with Gasteiger partial charge in [0.05, 0.1) is 28.3 Å². The largest absolute Gasteiger partial charge is 0.325 e. The molecule has 2 aromatic carbocycles. The van der Waals surface area contributed by atoms with Crippen LogP contribution in [0.25, 0.3) is 0 Å². The molecule has 0 unspecified atom stereocenters. The number of hydrogen-bond acceptors (Lipinski definition) is 4. The van der Waals surface area contributed by atoms with Crippen LogP contribution in [0.5, 0.6) is 0 Å². The number of hydrogen-bond donors (Lipinski definition) is 2. The van der Waals surface area contributed by atoms with E-state index in [1.54, 1.807) is 18.2 Å². The summed E-state index contributed by atoms with van der Waals surface area (Å²) in [5.74, 6) is -0.694. The Morgan fingerprint density at radius 2 is 1.60 bits per heavy atom. The molecule has 1 atom stereocenters. The minimum absolute atomic E-state index is 0.158. The molecule has 1 saturated heterocycles. The maximum absolute atomic E-state index is 12.9. The Hall–Kier alpha value is -2.19. The second-order valence-electron chi connectivity index (χ2n) is 7.13. The minimum Gasteiger partial charge on any atom is -0.325 e. The Kier molecular flexibility index (Phi) is 7.66. The van der Waals surface area contributed by atoms with Crippen LogP contribution in [0.15, 0.2) is 42.5 Å². The Labute approximate surface area is 184 Å². The van der Waals surface area contributed by atoms with Crippen LogP contribution in [0, 0.1) is 5.82 Å². The van der Waals surface area contributed by atoms with Gasteiger partial charge in [0, 0.05) is 31.9 Å². The zero-order valence-corrected chi connectivity index (χ0v) is 18.0. The number of carbonyl (C=O) groups is 2. The quantitative estimate of drug-likeness (QED) is 0.700. The van der Waals surface area contributed by atoms with Gasteiger partial charge < -0.3 is 10.6 Å². The standard InChI is InChI=1S/C21H23Cl2FN4O2/c1-14(21(30)26-20-17(22)3-2-4-18(20)23)28-11-9-27(10-12-28)13-19(29)25-16-7-5-15(24)6-8-16/h2-8,14H,9-13H2,1H3,(H,25,29)(H,26,30)/t14-/m1/s1. The molecule has 6 nitrogen and oxygen atoms in total. The summed E-state index contributed by atoms with van der Waals surface area (Å²) in [5, 5.41) is 6.34. The molecule has 1 fully saturated rings. The van der Waals surface area contributed by atoms with Crippen molar-refractivity contribution in [3.8, 4) is 0 Å². The summed E-state index contributed by atoms with van der Waals surface area (Å²) in [6, 6.07) is 10.3. The number of nitrogens with one attached hydrogen (secondary N) is 2. The number of rotatable bonds is 6. The van der Waals surface area contributed by atoms with E-state index in [1.165, 1.54) is 24.3 Å². The molecule has 0 aromatic heterocycles. The van der Waals surface area contributed by atoms with E-state index in [0.717, 1.165) is 0 Å². The molecule has 0 radical (unpaired) electrons. The van der Waals surface area contributed by atoms with E-state index < -0.39 is 0 Å². The molecule has 3 rings (SSSR count). The molecule has 2 N–H and O–H groups in total. The SMILES string of the molecule is C[C@H](C(=O)Nc1c(Cl)cccc1Cl)N1CCN(CC(=O)Nc2ccc(F)cc2)CC1. The third kappa shape index (κ3) is 5.92. The van der Waals surface area contributed by atoms with E-state index in [2.05, 4.69) is 15.5 Å². The van der Waals surface area contributed by atoms with Gasteiger partial charge in [-0.05, 0) is 43.3 Å². The molecule has 2 amide bonds. The Balaban J connectivity index is 1.46. The predicted molar refractivity (Wildman–Crippen MR) is 118 cm³/mol. The molecule has 0 spiro atoms. The van der Waals surface area contributed by atoms with Gasteiger partial charge in [-0.25, -0.2) is 4.39 Å². The molecule has 0 bridgehead atoms. The monoisotopic (exact) mass is 452 g/mol. The van der Waals surface area contributed by atoms with Crippen molar-refractivity contribution in [1.82, 2.24) is 9.80 Å². The lowest BCUT2D eigenvalue weighted by Crippen LogP contribution is -2.53. The van der Waals surface area contributed by atoms with Crippen molar-refractivity contribution in [3.63, 3.8) is 0 Å². The molecule has 160 valence electrons. The lowest BCUT2D eigenvalue weighted by atomic mass is 10.2. The van der Waals surface area contributed by atoms with E-state index in [-0.39, 0.29) is 30.2 Å². The van der Waals surface area contributed by atoms with Crippen LogP contribution in [0.4, 0.5) is 15.8 Å². The topological polar surface area (TPSA) is 64.7 Å². The molecule has 1 heterocycles. The maximum atomic E-state index is 12.9. The van der Waals surface area contributed by atoms with E-state index in [4.69, 9.17) is 23.2 Å². The molecule has 1 aliphatic rings. The van der Waals surface area contributed by atoms with Crippen LogP contribution in [0.2, 0.25) is 10.0 Å². The van der Waals surface area contributed by atoms with Crippen molar-refractivity contribution in [2.45, 2.75) is 13.0 Å². The lowest BCUT2D eigenvalue weighted by Gasteiger charge is -2.37. The second kappa shape index (κ2) is 10.2. The number of anilines is 2. The third-order valence-electron chi connectivity index (χ3n) is 5.04. The second-order valence-corrected chi connectivity index (χ2v) is 7.94. The number of halogens is 3. The highest BCUT2D eigenvalue weighted by molar-refractivity contribution is 6.39. The average Bonchev–Trinajstić information content (AvgIpc) is 2.72. The number of carbonyl (C=O) groups excluding carboxylic acids is 2. The third-order valence-corrected chi connectivity index (χ3v) is 5.67. The Bertz CT molecular complexity index is 882. The van der Waals surface area contributed by atoms with Crippen molar-refractivity contribution in [2.24, 2.45) is 0 Å². The smallest absolute Gasteiger partial charge is 0.241 e. The molecule has 0 aliphatic carbocycles. The van der Waals surface area contributed by atoms with Gasteiger partial charge in [0.15, 0.2) is 0 Å². The van der Waals surface area contributed by atoms with E-state index in [1.807, 2.05) is 11.8 Å². The summed E-state index contributed by atoms with van der Waals surface area (Å²) >= 11 is 12.2. The maximum Gasteiger partial charge on any atom is 0.241 e. The molecule has 2 aromatic rings. The normalized spacial score (nSPS) is 16.1. The van der Waals surface area contributed by atoms with Crippen LogP contribution in [0.1, 0.15) is 6.92 Å². The van der Waals surface area contributed by atoms with E-state index in [0.29, 0.717) is 47.6 Å². The average molecular weight is 453 g/mol. The van der Waals surface area contributed by atoms with Gasteiger partial charge >= 0.3 is 0 Å². The summed E-state index contributed by atoms with van der Waals surface area (Å²) in [6.45, 7) is 4.67. The first kappa shape index (κ1) is 22.5. The van der Waals surface area contributed by atoms with E-state index in [9.17, 15) is 14.0 Å². The lowest BCUT2D eigenvalue weighted by molar-refractivity contribution is -0.122. The van der Waals surface area contributed by atoms with Gasteiger partial charge in [-0.2, -0.15) is 0 Å². The van der Waals surface area contributed by atoms with Crippen molar-refractivity contribution >= 4 is 46.4 Å². The fraction of sp³-hybridized carbons (Fsp3) is 0.333. The first-order chi connectivity index (χ1) is 14.3. The molecule has 1 aliphatic heterocycles. The van der Waals surface area contributed by atoms with Crippen LogP contribution in [-0.2, 0) is 9.59 Å². The van der Waals surface area contributed by atoms with Gasteiger partial charge in [-0.1, -0.05) is 29.3 Å². The summed E-state index contributed by atoms with van der Waals surface area (Å²) in [6.07, 6.45) is 0. The van der Waals surface area contributed by atoms with Crippen molar-refractivity contribution < 1.29 is 14.0 Å². The summed E-state index contributed by atoms with van der Waals surface area (Å²) in [7, 11) is 0. The molecule has 0 saturated carbocycles. The van der Waals surface area contributed by atoms with Crippen molar-refractivity contribution in [1.29, 1.82) is 0 Å². The zero-order valence-electron chi connectivity index (χ0n) is 16.5. The predicted octanol–water partition coefficient (Wildman–Crippen LogP) is 3.72. The van der Waals surface area contributed by atoms with E-state index >= 15 is 0 Å². The van der Waals surface area contributed by atoms with Gasteiger partial charge in [-0.3, -0.25) is 19.4 Å². The molecular formula is C21H23Cl2FN4O2. The highest BCUT2D eigenvalue weighted by Gasteiger charge is 2.27. The zero-order chi connectivity index (χ0) is 21.7. The van der Waals surface area contributed by atoms with Crippen LogP contribution < -0.4 is 10.6 Å². The van der Waals surface area contributed by atoms with Gasteiger partial charge in [0.25, 0.3) is 0 Å². The fourth-order valence-electron chi connectivity index (χ4n) is 3.26. The summed E-state index contributed by atoms with van der Waals surface area (Å²) < 4.78 is 12.9.